The number of hydrogen-bond donors (Lipinski definition) is 2. The lowest BCUT2D eigenvalue weighted by Crippen LogP contribution is -2.10. The van der Waals surface area contributed by atoms with Crippen LogP contribution in [0.1, 0.15) is 31.2 Å². The van der Waals surface area contributed by atoms with E-state index in [1.165, 1.54) is 0 Å². The van der Waals surface area contributed by atoms with E-state index in [-0.39, 0.29) is 10.8 Å². The molecular weight excluding hydrogens is 290 g/mol. The molecule has 6 heteroatoms. The number of ether oxygens (including phenoxy) is 1. The van der Waals surface area contributed by atoms with E-state index in [1.54, 1.807) is 25.1 Å². The van der Waals surface area contributed by atoms with Gasteiger partial charge in [0.2, 0.25) is 0 Å². The Morgan fingerprint density at radius 3 is 2.86 bits per heavy atom. The number of aromatic carboxylic acids is 1. The highest BCUT2D eigenvalue weighted by atomic mass is 32.1. The first-order valence-corrected chi connectivity index (χ1v) is 7.27. The fourth-order valence-corrected chi connectivity index (χ4v) is 3.17. The average molecular weight is 303 g/mol. The summed E-state index contributed by atoms with van der Waals surface area (Å²) in [7, 11) is 0. The lowest BCUT2D eigenvalue weighted by Gasteiger charge is -2.04. The molecule has 1 aliphatic rings. The van der Waals surface area contributed by atoms with Crippen LogP contribution in [0.3, 0.4) is 0 Å². The standard InChI is InChI=1S/C15H13NO4S/c1-8-6-12(21-13(8)15(18)19)16-14(17)10-2-3-11-9(7-10)4-5-20-11/h2-3,6-7H,4-5H2,1H3,(H,16,17)(H,18,19). The number of hydrogen-bond acceptors (Lipinski definition) is 4. The smallest absolute Gasteiger partial charge is 0.346 e. The van der Waals surface area contributed by atoms with E-state index in [0.717, 1.165) is 29.1 Å². The molecule has 2 aromatic rings. The zero-order valence-corrected chi connectivity index (χ0v) is 12.1. The summed E-state index contributed by atoms with van der Waals surface area (Å²) in [6.45, 7) is 2.36. The molecule has 0 unspecified atom stereocenters. The molecule has 1 amide bonds. The van der Waals surface area contributed by atoms with Crippen LogP contribution in [0.5, 0.6) is 5.75 Å². The van der Waals surface area contributed by atoms with Gasteiger partial charge in [-0.1, -0.05) is 0 Å². The van der Waals surface area contributed by atoms with Crippen LogP contribution in [0.4, 0.5) is 5.00 Å². The van der Waals surface area contributed by atoms with Gasteiger partial charge in [0.05, 0.1) is 11.6 Å². The predicted molar refractivity (Wildman–Crippen MR) is 79.6 cm³/mol. The number of carbonyl (C=O) groups is 2. The maximum atomic E-state index is 12.2. The second kappa shape index (κ2) is 5.21. The molecule has 3 rings (SSSR count). The molecule has 1 aromatic carbocycles. The SMILES string of the molecule is Cc1cc(NC(=O)c2ccc3c(c2)CCO3)sc1C(=O)O. The van der Waals surface area contributed by atoms with E-state index in [2.05, 4.69) is 5.32 Å². The predicted octanol–water partition coefficient (Wildman–Crippen LogP) is 2.94. The van der Waals surface area contributed by atoms with Crippen LogP contribution in [-0.2, 0) is 6.42 Å². The van der Waals surface area contributed by atoms with Gasteiger partial charge in [-0.2, -0.15) is 0 Å². The number of nitrogens with one attached hydrogen (secondary N) is 1. The van der Waals surface area contributed by atoms with Crippen molar-refractivity contribution in [2.45, 2.75) is 13.3 Å². The fourth-order valence-electron chi connectivity index (χ4n) is 2.27. The normalized spacial score (nSPS) is 12.6. The van der Waals surface area contributed by atoms with Gasteiger partial charge >= 0.3 is 5.97 Å². The van der Waals surface area contributed by atoms with Crippen LogP contribution < -0.4 is 10.1 Å². The van der Waals surface area contributed by atoms with Crippen LogP contribution in [-0.4, -0.2) is 23.6 Å². The number of carboxylic acid groups (broad SMARTS) is 1. The number of rotatable bonds is 3. The number of benzene rings is 1. The third kappa shape index (κ3) is 2.62. The molecule has 2 N–H and O–H groups in total. The molecule has 0 spiro atoms. The van der Waals surface area contributed by atoms with Crippen molar-refractivity contribution in [3.05, 3.63) is 45.8 Å². The van der Waals surface area contributed by atoms with Gasteiger partial charge in [-0.05, 0) is 42.3 Å². The largest absolute Gasteiger partial charge is 0.493 e. The molecule has 0 bridgehead atoms. The Labute approximate surface area is 125 Å². The summed E-state index contributed by atoms with van der Waals surface area (Å²) in [6, 6.07) is 6.98. The van der Waals surface area contributed by atoms with E-state index in [1.807, 2.05) is 6.07 Å². The van der Waals surface area contributed by atoms with Gasteiger partial charge in [0, 0.05) is 12.0 Å². The van der Waals surface area contributed by atoms with Crippen molar-refractivity contribution >= 4 is 28.2 Å². The minimum absolute atomic E-state index is 0.243. The highest BCUT2D eigenvalue weighted by Crippen LogP contribution is 2.29. The van der Waals surface area contributed by atoms with Crippen LogP contribution >= 0.6 is 11.3 Å². The quantitative estimate of drug-likeness (QED) is 0.914. The van der Waals surface area contributed by atoms with Crippen molar-refractivity contribution < 1.29 is 19.4 Å². The van der Waals surface area contributed by atoms with Crippen molar-refractivity contribution in [2.24, 2.45) is 0 Å². The molecule has 1 aliphatic heterocycles. The fraction of sp³-hybridized carbons (Fsp3) is 0.200. The minimum Gasteiger partial charge on any atom is -0.493 e. The van der Waals surface area contributed by atoms with Crippen molar-refractivity contribution in [3.8, 4) is 5.75 Å². The van der Waals surface area contributed by atoms with Crippen molar-refractivity contribution in [1.82, 2.24) is 0 Å². The summed E-state index contributed by atoms with van der Waals surface area (Å²) in [6.07, 6.45) is 0.803. The molecule has 2 heterocycles. The van der Waals surface area contributed by atoms with E-state index in [4.69, 9.17) is 9.84 Å². The topological polar surface area (TPSA) is 75.6 Å². The van der Waals surface area contributed by atoms with Crippen LogP contribution in [0, 0.1) is 6.92 Å². The van der Waals surface area contributed by atoms with Crippen LogP contribution in [0.15, 0.2) is 24.3 Å². The molecular formula is C15H13NO4S. The molecule has 0 atom stereocenters. The summed E-state index contributed by atoms with van der Waals surface area (Å²) in [5.74, 6) is -0.401. The summed E-state index contributed by atoms with van der Waals surface area (Å²) < 4.78 is 5.40. The van der Waals surface area contributed by atoms with Gasteiger partial charge in [0.25, 0.3) is 5.91 Å². The van der Waals surface area contributed by atoms with Crippen molar-refractivity contribution in [2.75, 3.05) is 11.9 Å². The summed E-state index contributed by atoms with van der Waals surface area (Å²) in [5, 5.41) is 12.3. The first-order valence-electron chi connectivity index (χ1n) is 6.45. The number of fused-ring (bicyclic) bond motifs is 1. The molecule has 5 nitrogen and oxygen atoms in total. The number of aryl methyl sites for hydroxylation is 1. The van der Waals surface area contributed by atoms with E-state index >= 15 is 0 Å². The van der Waals surface area contributed by atoms with E-state index < -0.39 is 5.97 Å². The number of carboxylic acids is 1. The minimum atomic E-state index is -0.979. The zero-order valence-electron chi connectivity index (χ0n) is 11.3. The van der Waals surface area contributed by atoms with Crippen molar-refractivity contribution in [3.63, 3.8) is 0 Å². The molecule has 0 fully saturated rings. The van der Waals surface area contributed by atoms with E-state index in [9.17, 15) is 9.59 Å². The number of carbonyl (C=O) groups excluding carboxylic acids is 1. The number of anilines is 1. The molecule has 0 radical (unpaired) electrons. The van der Waals surface area contributed by atoms with Gasteiger partial charge in [0.1, 0.15) is 10.6 Å². The van der Waals surface area contributed by atoms with Gasteiger partial charge in [0.15, 0.2) is 0 Å². The molecule has 108 valence electrons. The Morgan fingerprint density at radius 2 is 2.14 bits per heavy atom. The van der Waals surface area contributed by atoms with Gasteiger partial charge in [-0.15, -0.1) is 11.3 Å². The Bertz CT molecular complexity index is 735. The first kappa shape index (κ1) is 13.6. The average Bonchev–Trinajstić information content (AvgIpc) is 3.04. The summed E-state index contributed by atoms with van der Waals surface area (Å²) in [5.41, 5.74) is 2.21. The first-order chi connectivity index (χ1) is 10.0. The maximum absolute atomic E-state index is 12.2. The highest BCUT2D eigenvalue weighted by molar-refractivity contribution is 7.18. The highest BCUT2D eigenvalue weighted by Gasteiger charge is 2.17. The summed E-state index contributed by atoms with van der Waals surface area (Å²) >= 11 is 1.06. The van der Waals surface area contributed by atoms with Gasteiger partial charge in [-0.25, -0.2) is 4.79 Å². The zero-order chi connectivity index (χ0) is 15.0. The van der Waals surface area contributed by atoms with Gasteiger partial charge in [-0.3, -0.25) is 4.79 Å². The van der Waals surface area contributed by atoms with Crippen LogP contribution in [0.25, 0.3) is 0 Å². The number of thiophene rings is 1. The Hall–Kier alpha value is -2.34. The van der Waals surface area contributed by atoms with Crippen LogP contribution in [0.2, 0.25) is 0 Å². The Morgan fingerprint density at radius 1 is 1.33 bits per heavy atom. The molecule has 0 aliphatic carbocycles. The monoisotopic (exact) mass is 303 g/mol. The third-order valence-corrected chi connectivity index (χ3v) is 4.44. The van der Waals surface area contributed by atoms with E-state index in [0.29, 0.717) is 22.7 Å². The third-order valence-electron chi connectivity index (χ3n) is 3.30. The maximum Gasteiger partial charge on any atom is 0.346 e. The second-order valence-electron chi connectivity index (χ2n) is 4.80. The lowest BCUT2D eigenvalue weighted by molar-refractivity contribution is 0.0701. The number of amides is 1. The second-order valence-corrected chi connectivity index (χ2v) is 5.86. The van der Waals surface area contributed by atoms with Gasteiger partial charge < -0.3 is 15.2 Å². The summed E-state index contributed by atoms with van der Waals surface area (Å²) in [4.78, 5) is 23.5. The van der Waals surface area contributed by atoms with Crippen molar-refractivity contribution in [1.29, 1.82) is 0 Å². The molecule has 0 saturated heterocycles. The Kier molecular flexibility index (Phi) is 3.39. The Balaban J connectivity index is 1.80. The lowest BCUT2D eigenvalue weighted by atomic mass is 10.1. The molecule has 1 aromatic heterocycles. The molecule has 0 saturated carbocycles. The molecule has 21 heavy (non-hydrogen) atoms.